The summed E-state index contributed by atoms with van der Waals surface area (Å²) in [6.45, 7) is 4.53. The van der Waals surface area contributed by atoms with Gasteiger partial charge >= 0.3 is 0 Å². The van der Waals surface area contributed by atoms with Crippen molar-refractivity contribution in [2.24, 2.45) is 11.8 Å². The van der Waals surface area contributed by atoms with E-state index < -0.39 is 0 Å². The molecule has 2 aromatic rings. The molecule has 1 spiro atoms. The Labute approximate surface area is 164 Å². The predicted molar refractivity (Wildman–Crippen MR) is 101 cm³/mol. The van der Waals surface area contributed by atoms with Crippen LogP contribution in [-0.4, -0.2) is 64.7 Å². The van der Waals surface area contributed by atoms with Gasteiger partial charge in [0, 0.05) is 50.8 Å². The monoisotopic (exact) mass is 402 g/mol. The normalized spacial score (nSPS) is 32.7. The topological polar surface area (TPSA) is 86.5 Å². The first kappa shape index (κ1) is 19.7. The fourth-order valence-electron chi connectivity index (χ4n) is 4.74. The number of hydrogen-bond acceptors (Lipinski definition) is 6. The minimum Gasteiger partial charge on any atom is -0.458 e. The number of hydrogen-bond donors (Lipinski definition) is 3. The number of nitrogens with one attached hydrogen (secondary N) is 2. The molecule has 7 nitrogen and oxygen atoms in total. The van der Waals surface area contributed by atoms with Crippen molar-refractivity contribution in [2.45, 2.75) is 18.2 Å². The average molecular weight is 403 g/mol. The van der Waals surface area contributed by atoms with Crippen LogP contribution < -0.4 is 5.32 Å². The van der Waals surface area contributed by atoms with Crippen LogP contribution in [-0.2, 0) is 11.3 Å². The van der Waals surface area contributed by atoms with Gasteiger partial charge in [0.25, 0.3) is 0 Å². The Morgan fingerprint density at radius 1 is 1.31 bits per heavy atom. The van der Waals surface area contributed by atoms with Crippen molar-refractivity contribution in [2.75, 3.05) is 32.8 Å². The van der Waals surface area contributed by atoms with Crippen LogP contribution in [0.1, 0.15) is 5.76 Å². The highest BCUT2D eigenvalue weighted by molar-refractivity contribution is 5.85. The highest BCUT2D eigenvalue weighted by Gasteiger charge is 2.60. The lowest BCUT2D eigenvalue weighted by atomic mass is 9.83. The fourth-order valence-corrected chi connectivity index (χ4v) is 4.74. The summed E-state index contributed by atoms with van der Waals surface area (Å²) in [6.07, 6.45) is 1.88. The zero-order valence-corrected chi connectivity index (χ0v) is 15.9. The molecule has 2 bridgehead atoms. The molecule has 0 radical (unpaired) electrons. The van der Waals surface area contributed by atoms with Gasteiger partial charge in [-0.1, -0.05) is 0 Å². The van der Waals surface area contributed by atoms with Gasteiger partial charge in [-0.05, 0) is 18.2 Å². The number of likely N-dealkylation sites (tertiary alicyclic amines) is 1. The maximum absolute atomic E-state index is 9.79. The zero-order chi connectivity index (χ0) is 16.1. The van der Waals surface area contributed by atoms with Crippen molar-refractivity contribution in [1.82, 2.24) is 20.4 Å². The van der Waals surface area contributed by atoms with E-state index in [1.807, 2.05) is 18.2 Å². The molecule has 0 aromatic carbocycles. The standard InChI is InChI=1S/C17H22N4O3.2ClH/c22-8-12-13-7-21(10-17(13)9-18-5-16(12)24-17)6-11-1-2-15(23-11)14-3-4-19-20-14;;/h1-4,12-13,16,18,22H,5-10H2,(H,19,20);2*1H/t12-,13+,16+,17+;;/m0../s1. The molecule has 5 heterocycles. The first-order chi connectivity index (χ1) is 11.8. The smallest absolute Gasteiger partial charge is 0.152 e. The first-order valence-corrected chi connectivity index (χ1v) is 8.58. The molecule has 0 unspecified atom stereocenters. The van der Waals surface area contributed by atoms with Crippen molar-refractivity contribution in [3.05, 3.63) is 30.2 Å². The lowest BCUT2D eigenvalue weighted by Crippen LogP contribution is -2.52. The van der Waals surface area contributed by atoms with Gasteiger partial charge in [0.15, 0.2) is 5.76 Å². The molecule has 2 aromatic heterocycles. The molecular formula is C17H24Cl2N4O3. The molecule has 4 atom stereocenters. The summed E-state index contributed by atoms with van der Waals surface area (Å²) >= 11 is 0. The number of rotatable bonds is 4. The quantitative estimate of drug-likeness (QED) is 0.714. The molecule has 3 aliphatic rings. The van der Waals surface area contributed by atoms with E-state index in [9.17, 15) is 5.11 Å². The third-order valence-electron chi connectivity index (χ3n) is 5.79. The Morgan fingerprint density at radius 2 is 2.19 bits per heavy atom. The Hall–Kier alpha value is -1.09. The summed E-state index contributed by atoms with van der Waals surface area (Å²) in [7, 11) is 0. The first-order valence-electron chi connectivity index (χ1n) is 8.58. The summed E-state index contributed by atoms with van der Waals surface area (Å²) in [6, 6.07) is 5.90. The van der Waals surface area contributed by atoms with Crippen LogP contribution in [0.4, 0.5) is 0 Å². The summed E-state index contributed by atoms with van der Waals surface area (Å²) in [4.78, 5) is 2.38. The van der Waals surface area contributed by atoms with Crippen LogP contribution in [0.25, 0.3) is 11.5 Å². The van der Waals surface area contributed by atoms with Gasteiger partial charge in [0.2, 0.25) is 0 Å². The van der Waals surface area contributed by atoms with Gasteiger partial charge in [-0.15, -0.1) is 24.8 Å². The average Bonchev–Trinajstić information content (AvgIpc) is 3.32. The van der Waals surface area contributed by atoms with E-state index in [0.29, 0.717) is 5.92 Å². The van der Waals surface area contributed by atoms with Crippen LogP contribution in [0, 0.1) is 11.8 Å². The van der Waals surface area contributed by atoms with Gasteiger partial charge in [-0.3, -0.25) is 10.00 Å². The molecule has 3 aliphatic heterocycles. The van der Waals surface area contributed by atoms with E-state index in [1.165, 1.54) is 0 Å². The molecule has 0 aliphatic carbocycles. The molecule has 0 saturated carbocycles. The van der Waals surface area contributed by atoms with Crippen molar-refractivity contribution in [3.63, 3.8) is 0 Å². The van der Waals surface area contributed by atoms with Gasteiger partial charge in [0.05, 0.1) is 18.2 Å². The Bertz CT molecular complexity index is 725. The Kier molecular flexibility index (Phi) is 5.67. The van der Waals surface area contributed by atoms with E-state index in [4.69, 9.17) is 9.15 Å². The number of morpholine rings is 1. The van der Waals surface area contributed by atoms with Crippen molar-refractivity contribution >= 4 is 24.8 Å². The van der Waals surface area contributed by atoms with E-state index in [2.05, 4.69) is 20.4 Å². The Balaban J connectivity index is 0.000000980. The minimum absolute atomic E-state index is 0. The zero-order valence-electron chi connectivity index (χ0n) is 14.3. The second kappa shape index (κ2) is 7.50. The van der Waals surface area contributed by atoms with E-state index in [1.54, 1.807) is 6.20 Å². The van der Waals surface area contributed by atoms with Crippen LogP contribution in [0.2, 0.25) is 0 Å². The Morgan fingerprint density at radius 3 is 2.96 bits per heavy atom. The number of ether oxygens (including phenoxy) is 1. The fraction of sp³-hybridized carbons (Fsp3) is 0.588. The number of aromatic amines is 1. The van der Waals surface area contributed by atoms with Crippen LogP contribution >= 0.6 is 24.8 Å². The van der Waals surface area contributed by atoms with E-state index >= 15 is 0 Å². The van der Waals surface area contributed by atoms with Gasteiger partial charge in [0.1, 0.15) is 11.5 Å². The summed E-state index contributed by atoms with van der Waals surface area (Å²) in [5.74, 6) is 2.38. The molecular weight excluding hydrogens is 379 g/mol. The molecule has 3 saturated heterocycles. The second-order valence-corrected chi connectivity index (χ2v) is 7.21. The third kappa shape index (κ3) is 3.06. The summed E-state index contributed by atoms with van der Waals surface area (Å²) in [5.41, 5.74) is 0.746. The SMILES string of the molecule is Cl.Cl.OC[C@H]1[C@H]2CN(Cc3ccc(-c4ccn[nH]4)o3)C[C@]23CNC[C@H]1O3. The van der Waals surface area contributed by atoms with Crippen LogP contribution in [0.3, 0.4) is 0 Å². The predicted octanol–water partition coefficient (Wildman–Crippen LogP) is 1.29. The second-order valence-electron chi connectivity index (χ2n) is 7.21. The maximum Gasteiger partial charge on any atom is 0.152 e. The number of nitrogens with zero attached hydrogens (tertiary/aromatic N) is 2. The number of halogens is 2. The van der Waals surface area contributed by atoms with Crippen LogP contribution in [0.15, 0.2) is 28.8 Å². The maximum atomic E-state index is 9.79. The molecule has 26 heavy (non-hydrogen) atoms. The van der Waals surface area contributed by atoms with Crippen LogP contribution in [0.5, 0.6) is 0 Å². The lowest BCUT2D eigenvalue weighted by Gasteiger charge is -2.34. The number of H-pyrrole nitrogens is 1. The van der Waals surface area contributed by atoms with E-state index in [-0.39, 0.29) is 49.0 Å². The summed E-state index contributed by atoms with van der Waals surface area (Å²) < 4.78 is 12.3. The summed E-state index contributed by atoms with van der Waals surface area (Å²) in [5, 5.41) is 20.1. The minimum atomic E-state index is -0.144. The highest BCUT2D eigenvalue weighted by Crippen LogP contribution is 2.47. The third-order valence-corrected chi connectivity index (χ3v) is 5.79. The van der Waals surface area contributed by atoms with Crippen molar-refractivity contribution in [3.8, 4) is 11.5 Å². The number of fused-ring (bicyclic) bond motifs is 1. The molecule has 3 N–H and O–H groups in total. The number of aliphatic hydroxyl groups excluding tert-OH is 1. The molecule has 5 rings (SSSR count). The van der Waals surface area contributed by atoms with E-state index in [0.717, 1.165) is 49.9 Å². The molecule has 0 amide bonds. The van der Waals surface area contributed by atoms with Crippen molar-refractivity contribution < 1.29 is 14.3 Å². The van der Waals surface area contributed by atoms with Gasteiger partial charge < -0.3 is 19.6 Å². The molecule has 144 valence electrons. The molecule has 3 fully saturated rings. The lowest BCUT2D eigenvalue weighted by molar-refractivity contribution is -0.0748. The highest BCUT2D eigenvalue weighted by atomic mass is 35.5. The largest absolute Gasteiger partial charge is 0.458 e. The number of aromatic nitrogens is 2. The van der Waals surface area contributed by atoms with Gasteiger partial charge in [-0.25, -0.2) is 0 Å². The van der Waals surface area contributed by atoms with Gasteiger partial charge in [-0.2, -0.15) is 5.10 Å². The number of aliphatic hydroxyl groups is 1. The van der Waals surface area contributed by atoms with Crippen molar-refractivity contribution in [1.29, 1.82) is 0 Å². The number of furan rings is 1. The molecule has 9 heteroatoms.